The molecule has 0 atom stereocenters. The lowest BCUT2D eigenvalue weighted by atomic mass is 10.1. The summed E-state index contributed by atoms with van der Waals surface area (Å²) in [5, 5.41) is 6.56. The molecule has 21 heavy (non-hydrogen) atoms. The van der Waals surface area contributed by atoms with E-state index in [2.05, 4.69) is 19.9 Å². The van der Waals surface area contributed by atoms with Crippen LogP contribution in [0, 0.1) is 5.82 Å². The number of nitrogens with one attached hydrogen (secondary N) is 1. The highest BCUT2D eigenvalue weighted by Gasteiger charge is 2.31. The first kappa shape index (κ1) is 13.3. The molecular formula is C13H7F4N3O. The summed E-state index contributed by atoms with van der Waals surface area (Å²) >= 11 is 0. The Kier molecular flexibility index (Phi) is 3.00. The van der Waals surface area contributed by atoms with Crippen LogP contribution < -0.4 is 4.74 Å². The molecule has 0 aliphatic carbocycles. The van der Waals surface area contributed by atoms with E-state index in [0.717, 1.165) is 12.3 Å². The molecule has 4 nitrogen and oxygen atoms in total. The van der Waals surface area contributed by atoms with Crippen molar-refractivity contribution in [1.29, 1.82) is 0 Å². The number of rotatable bonds is 2. The number of fused-ring (bicyclic) bond motifs is 1. The number of ether oxygens (including phenoxy) is 1. The van der Waals surface area contributed by atoms with E-state index >= 15 is 0 Å². The molecule has 8 heteroatoms. The maximum atomic E-state index is 12.9. The van der Waals surface area contributed by atoms with Crippen molar-refractivity contribution in [3.63, 3.8) is 0 Å². The topological polar surface area (TPSA) is 50.8 Å². The van der Waals surface area contributed by atoms with Crippen LogP contribution in [0.5, 0.6) is 5.75 Å². The van der Waals surface area contributed by atoms with E-state index in [1.807, 2.05) is 0 Å². The molecule has 0 bridgehead atoms. The minimum absolute atomic E-state index is 0.288. The number of H-pyrrole nitrogens is 1. The standard InChI is InChI=1S/C13H7F4N3O/c14-8-3-1-7(2-4-8)11-12-10(19-20-11)5-9(6-18-12)21-13(15,16)17/h1-6H,(H,19,20). The SMILES string of the molecule is Fc1ccc(-c2n[nH]c3cc(OC(F)(F)F)cnc23)cc1. The molecule has 0 saturated carbocycles. The van der Waals surface area contributed by atoms with E-state index in [1.165, 1.54) is 24.3 Å². The third-order valence-electron chi connectivity index (χ3n) is 2.73. The highest BCUT2D eigenvalue weighted by atomic mass is 19.4. The van der Waals surface area contributed by atoms with E-state index in [9.17, 15) is 17.6 Å². The van der Waals surface area contributed by atoms with Gasteiger partial charge in [0.25, 0.3) is 0 Å². The van der Waals surface area contributed by atoms with E-state index in [4.69, 9.17) is 0 Å². The highest BCUT2D eigenvalue weighted by Crippen LogP contribution is 2.29. The van der Waals surface area contributed by atoms with Gasteiger partial charge >= 0.3 is 6.36 Å². The van der Waals surface area contributed by atoms with Crippen LogP contribution >= 0.6 is 0 Å². The molecule has 3 aromatic rings. The Hall–Kier alpha value is -2.64. The number of hydrogen-bond donors (Lipinski definition) is 1. The second kappa shape index (κ2) is 4.72. The van der Waals surface area contributed by atoms with Gasteiger partial charge in [0, 0.05) is 11.6 Å². The molecule has 0 saturated heterocycles. The molecule has 1 N–H and O–H groups in total. The molecule has 108 valence electrons. The maximum absolute atomic E-state index is 12.9. The van der Waals surface area contributed by atoms with Gasteiger partial charge in [-0.3, -0.25) is 5.10 Å². The van der Waals surface area contributed by atoms with Gasteiger partial charge in [-0.15, -0.1) is 13.2 Å². The summed E-state index contributed by atoms with van der Waals surface area (Å²) in [7, 11) is 0. The molecule has 0 unspecified atom stereocenters. The van der Waals surface area contributed by atoms with Crippen LogP contribution in [-0.4, -0.2) is 21.5 Å². The predicted molar refractivity (Wildman–Crippen MR) is 66.0 cm³/mol. The van der Waals surface area contributed by atoms with Gasteiger partial charge in [0.15, 0.2) is 0 Å². The molecule has 0 amide bonds. The Bertz CT molecular complexity index is 780. The van der Waals surface area contributed by atoms with Crippen LogP contribution in [0.25, 0.3) is 22.3 Å². The van der Waals surface area contributed by atoms with Crippen LogP contribution in [0.4, 0.5) is 17.6 Å². The first-order valence-corrected chi connectivity index (χ1v) is 5.78. The largest absolute Gasteiger partial charge is 0.573 e. The average molecular weight is 297 g/mol. The Labute approximate surface area is 115 Å². The van der Waals surface area contributed by atoms with Gasteiger partial charge in [0.1, 0.15) is 22.8 Å². The second-order valence-electron chi connectivity index (χ2n) is 4.19. The third kappa shape index (κ3) is 2.78. The summed E-state index contributed by atoms with van der Waals surface area (Å²) in [4.78, 5) is 3.91. The molecule has 0 fully saturated rings. The van der Waals surface area contributed by atoms with Crippen LogP contribution in [0.1, 0.15) is 0 Å². The number of halogens is 4. The fourth-order valence-electron chi connectivity index (χ4n) is 1.89. The monoisotopic (exact) mass is 297 g/mol. The van der Waals surface area contributed by atoms with Crippen molar-refractivity contribution >= 4 is 11.0 Å². The predicted octanol–water partition coefficient (Wildman–Crippen LogP) is 3.66. The Balaban J connectivity index is 2.01. The number of benzene rings is 1. The summed E-state index contributed by atoms with van der Waals surface area (Å²) < 4.78 is 53.1. The first-order valence-electron chi connectivity index (χ1n) is 5.78. The molecule has 0 radical (unpaired) electrons. The molecule has 3 rings (SSSR count). The van der Waals surface area contributed by atoms with Crippen molar-refractivity contribution in [3.05, 3.63) is 42.3 Å². The fraction of sp³-hybridized carbons (Fsp3) is 0.0769. The van der Waals surface area contributed by atoms with Gasteiger partial charge in [-0.2, -0.15) is 5.10 Å². The smallest absolute Gasteiger partial charge is 0.404 e. The quantitative estimate of drug-likeness (QED) is 0.734. The molecule has 0 aliphatic heterocycles. The van der Waals surface area contributed by atoms with Gasteiger partial charge in [-0.1, -0.05) is 0 Å². The summed E-state index contributed by atoms with van der Waals surface area (Å²) in [6, 6.07) is 6.68. The zero-order chi connectivity index (χ0) is 15.0. The average Bonchev–Trinajstić information content (AvgIpc) is 2.81. The lowest BCUT2D eigenvalue weighted by molar-refractivity contribution is -0.274. The number of aromatic amines is 1. The second-order valence-corrected chi connectivity index (χ2v) is 4.19. The van der Waals surface area contributed by atoms with Crippen molar-refractivity contribution in [3.8, 4) is 17.0 Å². The Morgan fingerprint density at radius 2 is 1.81 bits per heavy atom. The Morgan fingerprint density at radius 1 is 1.10 bits per heavy atom. The zero-order valence-electron chi connectivity index (χ0n) is 10.3. The normalized spacial score (nSPS) is 11.8. The van der Waals surface area contributed by atoms with Gasteiger partial charge in [-0.05, 0) is 24.3 Å². The number of alkyl halides is 3. The summed E-state index contributed by atoms with van der Waals surface area (Å²) in [5.41, 5.74) is 1.68. The van der Waals surface area contributed by atoms with E-state index in [0.29, 0.717) is 16.8 Å². The van der Waals surface area contributed by atoms with Gasteiger partial charge in [0.05, 0.1) is 11.7 Å². The fourth-order valence-corrected chi connectivity index (χ4v) is 1.89. The van der Waals surface area contributed by atoms with Crippen molar-refractivity contribution in [2.45, 2.75) is 6.36 Å². The minimum Gasteiger partial charge on any atom is -0.404 e. The van der Waals surface area contributed by atoms with Crippen molar-refractivity contribution in [2.24, 2.45) is 0 Å². The van der Waals surface area contributed by atoms with Crippen molar-refractivity contribution in [1.82, 2.24) is 15.2 Å². The molecule has 0 aliphatic rings. The van der Waals surface area contributed by atoms with Crippen LogP contribution in [0.2, 0.25) is 0 Å². The molecule has 2 heterocycles. The Morgan fingerprint density at radius 3 is 2.48 bits per heavy atom. The van der Waals surface area contributed by atoms with Gasteiger partial charge < -0.3 is 4.74 Å². The highest BCUT2D eigenvalue weighted by molar-refractivity contribution is 5.89. The lowest BCUT2D eigenvalue weighted by Gasteiger charge is -2.07. The first-order chi connectivity index (χ1) is 9.92. The maximum Gasteiger partial charge on any atom is 0.573 e. The van der Waals surface area contributed by atoms with Gasteiger partial charge in [0.2, 0.25) is 0 Å². The molecule has 2 aromatic heterocycles. The van der Waals surface area contributed by atoms with Crippen molar-refractivity contribution in [2.75, 3.05) is 0 Å². The number of nitrogens with zero attached hydrogens (tertiary/aromatic N) is 2. The van der Waals surface area contributed by atoms with Crippen molar-refractivity contribution < 1.29 is 22.3 Å². The van der Waals surface area contributed by atoms with E-state index in [1.54, 1.807) is 0 Å². The minimum atomic E-state index is -4.78. The number of pyridine rings is 1. The van der Waals surface area contributed by atoms with Crippen LogP contribution in [0.3, 0.4) is 0 Å². The number of hydrogen-bond acceptors (Lipinski definition) is 3. The lowest BCUT2D eigenvalue weighted by Crippen LogP contribution is -2.17. The van der Waals surface area contributed by atoms with Gasteiger partial charge in [-0.25, -0.2) is 9.37 Å². The molecule has 1 aromatic carbocycles. The molecular weight excluding hydrogens is 290 g/mol. The zero-order valence-corrected chi connectivity index (χ0v) is 10.3. The molecule has 0 spiro atoms. The van der Waals surface area contributed by atoms with E-state index < -0.39 is 17.9 Å². The van der Waals surface area contributed by atoms with Crippen LogP contribution in [0.15, 0.2) is 36.5 Å². The third-order valence-corrected chi connectivity index (χ3v) is 2.73. The summed E-state index contributed by atoms with van der Waals surface area (Å²) in [6.07, 6.45) is -3.83. The summed E-state index contributed by atoms with van der Waals surface area (Å²) in [6.45, 7) is 0. The summed E-state index contributed by atoms with van der Waals surface area (Å²) in [5.74, 6) is -0.836. The number of aromatic nitrogens is 3. The van der Waals surface area contributed by atoms with Crippen LogP contribution in [-0.2, 0) is 0 Å². The van der Waals surface area contributed by atoms with E-state index in [-0.39, 0.29) is 5.52 Å².